The van der Waals surface area contributed by atoms with Gasteiger partial charge in [0, 0.05) is 19.1 Å². The summed E-state index contributed by atoms with van der Waals surface area (Å²) in [5.41, 5.74) is 0.966. The number of carbonyl (C=O) groups excluding carboxylic acids is 1. The lowest BCUT2D eigenvalue weighted by Crippen LogP contribution is -2.36. The van der Waals surface area contributed by atoms with Gasteiger partial charge >= 0.3 is 5.97 Å². The van der Waals surface area contributed by atoms with Crippen molar-refractivity contribution in [1.29, 1.82) is 0 Å². The van der Waals surface area contributed by atoms with E-state index in [1.54, 1.807) is 26.4 Å². The van der Waals surface area contributed by atoms with Crippen LogP contribution in [0.25, 0.3) is 0 Å². The monoisotopic (exact) mass is 472 g/mol. The molecule has 34 heavy (non-hydrogen) atoms. The molecule has 0 aliphatic heterocycles. The summed E-state index contributed by atoms with van der Waals surface area (Å²) in [5, 5.41) is 0. The van der Waals surface area contributed by atoms with Crippen molar-refractivity contribution in [3.05, 3.63) is 59.4 Å². The van der Waals surface area contributed by atoms with E-state index in [0.29, 0.717) is 36.7 Å². The van der Waals surface area contributed by atoms with Crippen molar-refractivity contribution >= 4 is 5.97 Å². The van der Waals surface area contributed by atoms with E-state index in [2.05, 4.69) is 0 Å². The Morgan fingerprint density at radius 3 is 2.35 bits per heavy atom. The van der Waals surface area contributed by atoms with Crippen LogP contribution in [0, 0.1) is 11.7 Å². The molecule has 0 amide bonds. The van der Waals surface area contributed by atoms with Gasteiger partial charge in [-0.1, -0.05) is 31.4 Å². The van der Waals surface area contributed by atoms with Gasteiger partial charge in [0.15, 0.2) is 0 Å². The molecule has 0 unspecified atom stereocenters. The van der Waals surface area contributed by atoms with Crippen molar-refractivity contribution < 1.29 is 28.1 Å². The zero-order valence-corrected chi connectivity index (χ0v) is 20.6. The number of benzene rings is 2. The smallest absolute Gasteiger partial charge is 0.305 e. The van der Waals surface area contributed by atoms with Gasteiger partial charge in [-0.25, -0.2) is 4.39 Å². The number of hydrogen-bond donors (Lipinski definition) is 0. The van der Waals surface area contributed by atoms with Crippen LogP contribution in [-0.2, 0) is 26.3 Å². The van der Waals surface area contributed by atoms with Crippen LogP contribution in [0.15, 0.2) is 42.5 Å². The fraction of sp³-hybridized carbons (Fsp3) is 0.536. The Kier molecular flexibility index (Phi) is 9.75. The van der Waals surface area contributed by atoms with E-state index in [9.17, 15) is 9.18 Å². The van der Waals surface area contributed by atoms with E-state index in [1.165, 1.54) is 32.4 Å². The third kappa shape index (κ3) is 7.45. The fourth-order valence-electron chi connectivity index (χ4n) is 4.23. The first-order valence-corrected chi connectivity index (χ1v) is 12.2. The Bertz CT molecular complexity index is 916. The SMILES string of the molecule is C1CC1.COC(=O)CCc1cccc(OCC2CCC(OC)(c3cc(OC)ccc3F)CC2)c1. The molecule has 5 nitrogen and oxygen atoms in total. The molecule has 2 aliphatic rings. The number of esters is 1. The molecular formula is C28H37FO5. The molecule has 2 aromatic carbocycles. The lowest BCUT2D eigenvalue weighted by atomic mass is 9.75. The van der Waals surface area contributed by atoms with Crippen LogP contribution in [0.2, 0.25) is 0 Å². The lowest BCUT2D eigenvalue weighted by Gasteiger charge is -2.39. The highest BCUT2D eigenvalue weighted by atomic mass is 19.1. The minimum atomic E-state index is -0.636. The van der Waals surface area contributed by atoms with Crippen molar-refractivity contribution in [3.63, 3.8) is 0 Å². The maximum atomic E-state index is 14.6. The van der Waals surface area contributed by atoms with Crippen molar-refractivity contribution in [3.8, 4) is 11.5 Å². The molecule has 0 atom stereocenters. The highest BCUT2D eigenvalue weighted by Gasteiger charge is 2.39. The van der Waals surface area contributed by atoms with Crippen LogP contribution in [-0.4, -0.2) is 33.9 Å². The van der Waals surface area contributed by atoms with Crippen molar-refractivity contribution in [1.82, 2.24) is 0 Å². The van der Waals surface area contributed by atoms with Crippen LogP contribution in [0.1, 0.15) is 62.5 Å². The van der Waals surface area contributed by atoms with E-state index in [0.717, 1.165) is 37.0 Å². The van der Waals surface area contributed by atoms with E-state index in [-0.39, 0.29) is 11.8 Å². The van der Waals surface area contributed by atoms with Crippen LogP contribution in [0.5, 0.6) is 11.5 Å². The summed E-state index contributed by atoms with van der Waals surface area (Å²) in [4.78, 5) is 11.3. The highest BCUT2D eigenvalue weighted by Crippen LogP contribution is 2.44. The zero-order valence-electron chi connectivity index (χ0n) is 20.6. The summed E-state index contributed by atoms with van der Waals surface area (Å²) in [6.07, 6.45) is 8.68. The Hall–Kier alpha value is -2.60. The fourth-order valence-corrected chi connectivity index (χ4v) is 4.23. The summed E-state index contributed by atoms with van der Waals surface area (Å²) in [6.45, 7) is 0.598. The number of carbonyl (C=O) groups is 1. The van der Waals surface area contributed by atoms with Gasteiger partial charge in [0.05, 0.1) is 26.4 Å². The van der Waals surface area contributed by atoms with Crippen LogP contribution < -0.4 is 9.47 Å². The second kappa shape index (κ2) is 12.7. The number of hydrogen-bond acceptors (Lipinski definition) is 5. The Morgan fingerprint density at radius 1 is 1.00 bits per heavy atom. The van der Waals surface area contributed by atoms with Gasteiger partial charge in [0.1, 0.15) is 17.3 Å². The highest BCUT2D eigenvalue weighted by molar-refractivity contribution is 5.69. The molecule has 0 radical (unpaired) electrons. The predicted octanol–water partition coefficient (Wildman–Crippen LogP) is 6.22. The second-order valence-corrected chi connectivity index (χ2v) is 9.08. The first-order chi connectivity index (χ1) is 16.5. The molecule has 0 bridgehead atoms. The summed E-state index contributed by atoms with van der Waals surface area (Å²) in [6, 6.07) is 12.6. The quantitative estimate of drug-likeness (QED) is 0.406. The van der Waals surface area contributed by atoms with E-state index in [4.69, 9.17) is 18.9 Å². The van der Waals surface area contributed by atoms with Crippen molar-refractivity contribution in [2.45, 2.75) is 63.4 Å². The minimum absolute atomic E-state index is 0.220. The Labute approximate surface area is 202 Å². The summed E-state index contributed by atoms with van der Waals surface area (Å²) < 4.78 is 36.4. The third-order valence-corrected chi connectivity index (χ3v) is 6.55. The van der Waals surface area contributed by atoms with Crippen molar-refractivity contribution in [2.75, 3.05) is 27.9 Å². The van der Waals surface area contributed by atoms with Gasteiger partial charge in [-0.05, 0) is 73.9 Å². The third-order valence-electron chi connectivity index (χ3n) is 6.55. The molecule has 0 N–H and O–H groups in total. The van der Waals surface area contributed by atoms with E-state index in [1.807, 2.05) is 24.3 Å². The zero-order chi connectivity index (χ0) is 24.4. The van der Waals surface area contributed by atoms with E-state index >= 15 is 0 Å². The van der Waals surface area contributed by atoms with Gasteiger partial charge in [0.25, 0.3) is 0 Å². The van der Waals surface area contributed by atoms with E-state index < -0.39 is 5.60 Å². The first-order valence-electron chi connectivity index (χ1n) is 12.2. The average molecular weight is 473 g/mol. The topological polar surface area (TPSA) is 54.0 Å². The number of rotatable bonds is 9. The number of halogens is 1. The second-order valence-electron chi connectivity index (χ2n) is 9.08. The molecule has 2 saturated carbocycles. The number of ether oxygens (including phenoxy) is 4. The van der Waals surface area contributed by atoms with Crippen LogP contribution >= 0.6 is 0 Å². The Morgan fingerprint density at radius 2 is 1.74 bits per heavy atom. The normalized spacial score (nSPS) is 21.1. The molecule has 2 aliphatic carbocycles. The minimum Gasteiger partial charge on any atom is -0.497 e. The van der Waals surface area contributed by atoms with Gasteiger partial charge < -0.3 is 18.9 Å². The van der Waals surface area contributed by atoms with Gasteiger partial charge in [0.2, 0.25) is 0 Å². The van der Waals surface area contributed by atoms with Crippen LogP contribution in [0.3, 0.4) is 0 Å². The summed E-state index contributed by atoms with van der Waals surface area (Å²) in [7, 11) is 4.62. The predicted molar refractivity (Wildman–Crippen MR) is 130 cm³/mol. The first kappa shape index (κ1) is 26.0. The summed E-state index contributed by atoms with van der Waals surface area (Å²) >= 11 is 0. The molecule has 2 aromatic rings. The average Bonchev–Trinajstić information content (AvgIpc) is 3.77. The maximum Gasteiger partial charge on any atom is 0.305 e. The standard InChI is InChI=1S/C25H31FO5.C3H6/c1-28-20-8-9-23(26)22(16-20)25(30-3)13-11-19(12-14-25)17-31-21-6-4-5-18(15-21)7-10-24(27)29-2;1-2-3-1/h4-6,8-9,15-16,19H,7,10-14,17H2,1-3H3;1-3H2. The molecule has 0 saturated heterocycles. The number of aryl methyl sites for hydroxylation is 1. The van der Waals surface area contributed by atoms with Gasteiger partial charge in [-0.2, -0.15) is 0 Å². The summed E-state index contributed by atoms with van der Waals surface area (Å²) in [5.74, 6) is 1.31. The molecule has 0 spiro atoms. The molecule has 0 aromatic heterocycles. The Balaban J connectivity index is 0.000000999. The molecule has 186 valence electrons. The molecule has 6 heteroatoms. The molecule has 4 rings (SSSR count). The van der Waals surface area contributed by atoms with Crippen LogP contribution in [0.4, 0.5) is 4.39 Å². The number of methoxy groups -OCH3 is 3. The molecule has 2 fully saturated rings. The van der Waals surface area contributed by atoms with Crippen molar-refractivity contribution in [2.24, 2.45) is 5.92 Å². The van der Waals surface area contributed by atoms with Gasteiger partial charge in [-0.15, -0.1) is 0 Å². The van der Waals surface area contributed by atoms with Gasteiger partial charge in [-0.3, -0.25) is 4.79 Å². The largest absolute Gasteiger partial charge is 0.497 e. The lowest BCUT2D eigenvalue weighted by molar-refractivity contribution is -0.140. The maximum absolute atomic E-state index is 14.6. The molecule has 0 heterocycles. The molecular weight excluding hydrogens is 435 g/mol.